The molecule has 0 aromatic heterocycles. The van der Waals surface area contributed by atoms with E-state index >= 15 is 0 Å². The second-order valence-corrected chi connectivity index (χ2v) is 6.31. The first-order chi connectivity index (χ1) is 9.22. The Morgan fingerprint density at radius 2 is 2.11 bits per heavy atom. The number of hydrogen-bond donors (Lipinski definition) is 1. The van der Waals surface area contributed by atoms with E-state index in [9.17, 15) is 9.90 Å². The Morgan fingerprint density at radius 1 is 1.26 bits per heavy atom. The van der Waals surface area contributed by atoms with Crippen LogP contribution in [0.5, 0.6) is 5.75 Å². The van der Waals surface area contributed by atoms with Gasteiger partial charge in [-0.1, -0.05) is 0 Å². The van der Waals surface area contributed by atoms with Gasteiger partial charge in [0, 0.05) is 12.1 Å². The minimum Gasteiger partial charge on any atom is -0.508 e. The van der Waals surface area contributed by atoms with Gasteiger partial charge in [0.1, 0.15) is 5.75 Å². The number of piperidine rings is 1. The zero-order valence-corrected chi connectivity index (χ0v) is 11.0. The molecule has 2 fully saturated rings. The van der Waals surface area contributed by atoms with E-state index in [-0.39, 0.29) is 17.6 Å². The predicted molar refractivity (Wildman–Crippen MR) is 72.5 cm³/mol. The van der Waals surface area contributed by atoms with Crippen LogP contribution in [0.15, 0.2) is 18.2 Å². The van der Waals surface area contributed by atoms with Gasteiger partial charge in [-0.15, -0.1) is 0 Å². The molecule has 2 unspecified atom stereocenters. The SMILES string of the molecule is O=C1c2ccc(O)cc2C2CCN(CC3CC3)C1C2. The molecule has 3 aliphatic rings. The first kappa shape index (κ1) is 11.5. The number of carbonyl (C=O) groups is 1. The Kier molecular flexibility index (Phi) is 2.46. The molecule has 2 aliphatic carbocycles. The van der Waals surface area contributed by atoms with E-state index in [1.165, 1.54) is 12.8 Å². The van der Waals surface area contributed by atoms with Crippen LogP contribution in [0.3, 0.4) is 0 Å². The Labute approximate surface area is 113 Å². The molecule has 3 nitrogen and oxygen atoms in total. The fourth-order valence-corrected chi connectivity index (χ4v) is 3.71. The number of likely N-dealkylation sites (tertiary alicyclic amines) is 1. The minimum atomic E-state index is 0.0939. The fourth-order valence-electron chi connectivity index (χ4n) is 3.71. The van der Waals surface area contributed by atoms with E-state index < -0.39 is 0 Å². The average Bonchev–Trinajstić information content (AvgIpc) is 3.21. The highest BCUT2D eigenvalue weighted by atomic mass is 16.3. The highest BCUT2D eigenvalue weighted by molar-refractivity contribution is 6.03. The zero-order valence-electron chi connectivity index (χ0n) is 11.0. The van der Waals surface area contributed by atoms with Crippen molar-refractivity contribution in [3.05, 3.63) is 29.3 Å². The van der Waals surface area contributed by atoms with Crippen LogP contribution in [0.4, 0.5) is 0 Å². The monoisotopic (exact) mass is 257 g/mol. The van der Waals surface area contributed by atoms with Crippen molar-refractivity contribution in [2.75, 3.05) is 13.1 Å². The third-order valence-corrected chi connectivity index (χ3v) is 4.95. The van der Waals surface area contributed by atoms with Crippen molar-refractivity contribution in [1.82, 2.24) is 4.90 Å². The van der Waals surface area contributed by atoms with Gasteiger partial charge in [0.25, 0.3) is 0 Å². The fraction of sp³-hybridized carbons (Fsp3) is 0.562. The molecule has 100 valence electrons. The molecule has 1 aliphatic heterocycles. The second kappa shape index (κ2) is 4.07. The summed E-state index contributed by atoms with van der Waals surface area (Å²) in [5.41, 5.74) is 1.92. The van der Waals surface area contributed by atoms with Crippen LogP contribution in [-0.2, 0) is 0 Å². The summed E-state index contributed by atoms with van der Waals surface area (Å²) in [6.45, 7) is 2.14. The van der Waals surface area contributed by atoms with Crippen LogP contribution in [-0.4, -0.2) is 34.9 Å². The summed E-state index contributed by atoms with van der Waals surface area (Å²) in [5.74, 6) is 1.85. The van der Waals surface area contributed by atoms with Gasteiger partial charge in [0.15, 0.2) is 5.78 Å². The van der Waals surface area contributed by atoms with Gasteiger partial charge in [-0.05, 0) is 67.8 Å². The maximum absolute atomic E-state index is 12.6. The Morgan fingerprint density at radius 3 is 2.89 bits per heavy atom. The molecule has 0 amide bonds. The summed E-state index contributed by atoms with van der Waals surface area (Å²) in [6, 6.07) is 5.34. The van der Waals surface area contributed by atoms with Gasteiger partial charge in [-0.3, -0.25) is 9.69 Å². The summed E-state index contributed by atoms with van der Waals surface area (Å²) in [7, 11) is 0. The summed E-state index contributed by atoms with van der Waals surface area (Å²) in [4.78, 5) is 15.0. The van der Waals surface area contributed by atoms with Crippen LogP contribution in [0.1, 0.15) is 47.5 Å². The predicted octanol–water partition coefficient (Wildman–Crippen LogP) is 2.55. The summed E-state index contributed by atoms with van der Waals surface area (Å²) < 4.78 is 0. The van der Waals surface area contributed by atoms with Crippen LogP contribution in [0.25, 0.3) is 0 Å². The normalized spacial score (nSPS) is 30.2. The van der Waals surface area contributed by atoms with E-state index in [4.69, 9.17) is 0 Å². The van der Waals surface area contributed by atoms with E-state index in [0.29, 0.717) is 5.92 Å². The molecule has 2 atom stereocenters. The molecule has 1 N–H and O–H groups in total. The van der Waals surface area contributed by atoms with Gasteiger partial charge in [-0.2, -0.15) is 0 Å². The number of fused-ring (bicyclic) bond motifs is 4. The third-order valence-electron chi connectivity index (χ3n) is 4.95. The number of nitrogens with zero attached hydrogens (tertiary/aromatic N) is 1. The maximum Gasteiger partial charge on any atom is 0.180 e. The molecular weight excluding hydrogens is 238 g/mol. The smallest absolute Gasteiger partial charge is 0.180 e. The Balaban J connectivity index is 1.68. The molecule has 19 heavy (non-hydrogen) atoms. The molecule has 4 rings (SSSR count). The van der Waals surface area contributed by atoms with E-state index in [0.717, 1.165) is 43.0 Å². The van der Waals surface area contributed by atoms with Crippen LogP contribution >= 0.6 is 0 Å². The number of phenols is 1. The molecule has 1 aromatic rings. The van der Waals surface area contributed by atoms with E-state index in [2.05, 4.69) is 4.90 Å². The molecule has 0 spiro atoms. The minimum absolute atomic E-state index is 0.0939. The number of hydrogen-bond acceptors (Lipinski definition) is 3. The lowest BCUT2D eigenvalue weighted by atomic mass is 9.74. The Bertz CT molecular complexity index is 536. The van der Waals surface area contributed by atoms with E-state index in [1.54, 1.807) is 12.1 Å². The molecule has 1 saturated carbocycles. The molecule has 1 saturated heterocycles. The van der Waals surface area contributed by atoms with Gasteiger partial charge in [-0.25, -0.2) is 0 Å². The van der Waals surface area contributed by atoms with Crippen molar-refractivity contribution in [2.24, 2.45) is 5.92 Å². The van der Waals surface area contributed by atoms with Crippen LogP contribution in [0.2, 0.25) is 0 Å². The van der Waals surface area contributed by atoms with Crippen molar-refractivity contribution in [3.63, 3.8) is 0 Å². The lowest BCUT2D eigenvalue weighted by Gasteiger charge is -2.43. The van der Waals surface area contributed by atoms with Crippen molar-refractivity contribution in [3.8, 4) is 5.75 Å². The van der Waals surface area contributed by atoms with Crippen molar-refractivity contribution >= 4 is 5.78 Å². The molecule has 0 radical (unpaired) electrons. The van der Waals surface area contributed by atoms with Crippen molar-refractivity contribution in [2.45, 2.75) is 37.6 Å². The Hall–Kier alpha value is -1.35. The summed E-state index contributed by atoms with van der Waals surface area (Å²) >= 11 is 0. The standard InChI is InChI=1S/C16H19NO2/c18-12-3-4-13-14(8-12)11-5-6-17(9-10-1-2-10)15(7-11)16(13)19/h3-4,8,10-11,15,18H,1-2,5-7,9H2. The highest BCUT2D eigenvalue weighted by Gasteiger charge is 2.41. The number of phenolic OH excluding ortho intramolecular Hbond substituents is 1. The zero-order chi connectivity index (χ0) is 13.0. The van der Waals surface area contributed by atoms with Gasteiger partial charge >= 0.3 is 0 Å². The van der Waals surface area contributed by atoms with Gasteiger partial charge in [0.05, 0.1) is 6.04 Å². The number of ketones is 1. The van der Waals surface area contributed by atoms with E-state index in [1.807, 2.05) is 6.07 Å². The molecule has 3 heteroatoms. The number of Topliss-reactive ketones (excluding diaryl/α,β-unsaturated/α-hetero) is 1. The number of rotatable bonds is 2. The topological polar surface area (TPSA) is 40.5 Å². The first-order valence-electron chi connectivity index (χ1n) is 7.33. The summed E-state index contributed by atoms with van der Waals surface area (Å²) in [5, 5.41) is 9.63. The maximum atomic E-state index is 12.6. The number of benzene rings is 1. The third kappa shape index (κ3) is 1.88. The van der Waals surface area contributed by atoms with Crippen LogP contribution in [0, 0.1) is 5.92 Å². The van der Waals surface area contributed by atoms with Gasteiger partial charge in [0.2, 0.25) is 0 Å². The number of carbonyl (C=O) groups excluding carboxylic acids is 1. The first-order valence-corrected chi connectivity index (χ1v) is 7.33. The molecule has 1 aromatic carbocycles. The average molecular weight is 257 g/mol. The lowest BCUT2D eigenvalue weighted by molar-refractivity contribution is 0.0670. The number of aromatic hydroxyl groups is 1. The second-order valence-electron chi connectivity index (χ2n) is 6.31. The van der Waals surface area contributed by atoms with Crippen LogP contribution < -0.4 is 0 Å². The van der Waals surface area contributed by atoms with Crippen molar-refractivity contribution in [1.29, 1.82) is 0 Å². The quantitative estimate of drug-likeness (QED) is 0.885. The molecule has 1 heterocycles. The van der Waals surface area contributed by atoms with Gasteiger partial charge < -0.3 is 5.11 Å². The molecule has 2 bridgehead atoms. The summed E-state index contributed by atoms with van der Waals surface area (Å²) in [6.07, 6.45) is 4.74. The lowest BCUT2D eigenvalue weighted by Crippen LogP contribution is -2.50. The van der Waals surface area contributed by atoms with Crippen molar-refractivity contribution < 1.29 is 9.90 Å². The highest BCUT2D eigenvalue weighted by Crippen LogP contribution is 2.42. The largest absolute Gasteiger partial charge is 0.508 e. The molecular formula is C16H19NO2.